The predicted octanol–water partition coefficient (Wildman–Crippen LogP) is 1.88. The fourth-order valence-electron chi connectivity index (χ4n) is 2.90. The number of carbonyl (C=O) groups is 1. The molecule has 0 unspecified atom stereocenters. The molecule has 0 radical (unpaired) electrons. The number of nitrogens with zero attached hydrogens (tertiary/aromatic N) is 2. The molecule has 0 saturated carbocycles. The van der Waals surface area contributed by atoms with E-state index in [9.17, 15) is 10.1 Å². The summed E-state index contributed by atoms with van der Waals surface area (Å²) in [5.41, 5.74) is 8.33. The number of hydrogen-bond acceptors (Lipinski definition) is 7. The highest BCUT2D eigenvalue weighted by molar-refractivity contribution is 5.71. The highest BCUT2D eigenvalue weighted by Crippen LogP contribution is 2.45. The maximum Gasteiger partial charge on any atom is 0.344 e. The second-order valence-electron chi connectivity index (χ2n) is 5.62. The standard InChI is InChI=1S/C18H18N4O4/c1-3-24-14(23)9-25-13-7-5-4-6-11(13)16-12(8-19)17(20)26-18-15(16)10(2)21-22-18/h4-7,16H,3,9,20H2,1-2H3,(H,21,22)/t16-/m1/s1. The van der Waals surface area contributed by atoms with Crippen LogP contribution in [-0.2, 0) is 9.53 Å². The quantitative estimate of drug-likeness (QED) is 0.786. The summed E-state index contributed by atoms with van der Waals surface area (Å²) in [6, 6.07) is 9.26. The third-order valence-electron chi connectivity index (χ3n) is 4.01. The molecule has 26 heavy (non-hydrogen) atoms. The van der Waals surface area contributed by atoms with Crippen LogP contribution in [0.2, 0.25) is 0 Å². The Hall–Kier alpha value is -3.47. The Labute approximate surface area is 150 Å². The van der Waals surface area contributed by atoms with Crippen molar-refractivity contribution in [3.05, 3.63) is 52.5 Å². The molecule has 3 rings (SSSR count). The van der Waals surface area contributed by atoms with Gasteiger partial charge in [-0.05, 0) is 19.9 Å². The van der Waals surface area contributed by atoms with Gasteiger partial charge in [0.2, 0.25) is 11.8 Å². The van der Waals surface area contributed by atoms with E-state index in [1.807, 2.05) is 19.1 Å². The van der Waals surface area contributed by atoms with Crippen molar-refractivity contribution in [3.63, 3.8) is 0 Å². The number of ether oxygens (including phenoxy) is 3. The summed E-state index contributed by atoms with van der Waals surface area (Å²) < 4.78 is 16.0. The van der Waals surface area contributed by atoms with Crippen molar-refractivity contribution in [2.45, 2.75) is 19.8 Å². The fourth-order valence-corrected chi connectivity index (χ4v) is 2.90. The molecule has 1 aliphatic rings. The molecule has 1 aromatic carbocycles. The molecule has 3 N–H and O–H groups in total. The van der Waals surface area contributed by atoms with Crippen molar-refractivity contribution in [1.29, 1.82) is 5.26 Å². The van der Waals surface area contributed by atoms with Gasteiger partial charge < -0.3 is 19.9 Å². The topological polar surface area (TPSA) is 123 Å². The van der Waals surface area contributed by atoms with Crippen LogP contribution < -0.4 is 15.2 Å². The monoisotopic (exact) mass is 354 g/mol. The highest BCUT2D eigenvalue weighted by atomic mass is 16.6. The number of carbonyl (C=O) groups excluding carboxylic acids is 1. The van der Waals surface area contributed by atoms with Crippen molar-refractivity contribution >= 4 is 5.97 Å². The Kier molecular flexibility index (Phi) is 4.80. The first-order valence-electron chi connectivity index (χ1n) is 8.06. The summed E-state index contributed by atoms with van der Waals surface area (Å²) in [7, 11) is 0. The number of nitriles is 1. The molecule has 1 aliphatic heterocycles. The second kappa shape index (κ2) is 7.19. The molecular formula is C18H18N4O4. The second-order valence-corrected chi connectivity index (χ2v) is 5.62. The molecule has 2 aromatic rings. The van der Waals surface area contributed by atoms with Crippen LogP contribution >= 0.6 is 0 Å². The SMILES string of the molecule is CCOC(=O)COc1ccccc1[C@@H]1C(C#N)=C(N)Oc2n[nH]c(C)c21. The molecule has 8 heteroatoms. The number of nitrogens with one attached hydrogen (secondary N) is 1. The molecule has 0 aliphatic carbocycles. The largest absolute Gasteiger partial charge is 0.482 e. The van der Waals surface area contributed by atoms with E-state index in [1.54, 1.807) is 19.1 Å². The lowest BCUT2D eigenvalue weighted by atomic mass is 9.83. The van der Waals surface area contributed by atoms with Gasteiger partial charge in [-0.15, -0.1) is 5.10 Å². The summed E-state index contributed by atoms with van der Waals surface area (Å²) in [4.78, 5) is 11.6. The first kappa shape index (κ1) is 17.4. The van der Waals surface area contributed by atoms with E-state index in [0.717, 1.165) is 5.69 Å². The van der Waals surface area contributed by atoms with Crippen molar-refractivity contribution < 1.29 is 19.0 Å². The number of allylic oxidation sites excluding steroid dienone is 1. The summed E-state index contributed by atoms with van der Waals surface area (Å²) in [6.07, 6.45) is 0. The van der Waals surface area contributed by atoms with Gasteiger partial charge in [0.25, 0.3) is 0 Å². The number of aromatic amines is 1. The van der Waals surface area contributed by atoms with Crippen LogP contribution in [0.3, 0.4) is 0 Å². The minimum absolute atomic E-state index is 0.00306. The molecule has 0 saturated heterocycles. The van der Waals surface area contributed by atoms with Gasteiger partial charge >= 0.3 is 5.97 Å². The number of para-hydroxylation sites is 1. The maximum atomic E-state index is 11.6. The first-order valence-corrected chi connectivity index (χ1v) is 8.06. The van der Waals surface area contributed by atoms with Crippen molar-refractivity contribution in [2.24, 2.45) is 5.73 Å². The van der Waals surface area contributed by atoms with Crippen LogP contribution in [0.5, 0.6) is 11.6 Å². The van der Waals surface area contributed by atoms with E-state index in [1.165, 1.54) is 0 Å². The minimum atomic E-state index is -0.513. The summed E-state index contributed by atoms with van der Waals surface area (Å²) in [5.74, 6) is -0.202. The Bertz CT molecular complexity index is 910. The zero-order valence-electron chi connectivity index (χ0n) is 14.4. The van der Waals surface area contributed by atoms with Gasteiger partial charge in [0.1, 0.15) is 17.4 Å². The van der Waals surface area contributed by atoms with Crippen LogP contribution in [0.25, 0.3) is 0 Å². The van der Waals surface area contributed by atoms with Gasteiger partial charge in [-0.3, -0.25) is 5.10 Å². The zero-order chi connectivity index (χ0) is 18.7. The summed E-state index contributed by atoms with van der Waals surface area (Å²) in [5, 5.41) is 16.6. The number of fused-ring (bicyclic) bond motifs is 1. The molecule has 0 fully saturated rings. The number of hydrogen-bond donors (Lipinski definition) is 2. The predicted molar refractivity (Wildman–Crippen MR) is 91.2 cm³/mol. The third-order valence-corrected chi connectivity index (χ3v) is 4.01. The lowest BCUT2D eigenvalue weighted by Gasteiger charge is -2.25. The molecule has 1 atom stereocenters. The van der Waals surface area contributed by atoms with Crippen molar-refractivity contribution in [2.75, 3.05) is 13.2 Å². The van der Waals surface area contributed by atoms with Crippen LogP contribution in [0.4, 0.5) is 0 Å². The molecule has 0 spiro atoms. The highest BCUT2D eigenvalue weighted by Gasteiger charge is 2.35. The van der Waals surface area contributed by atoms with Gasteiger partial charge in [-0.1, -0.05) is 18.2 Å². The molecule has 0 amide bonds. The summed E-state index contributed by atoms with van der Waals surface area (Å²) >= 11 is 0. The van der Waals surface area contributed by atoms with E-state index in [4.69, 9.17) is 19.9 Å². The zero-order valence-corrected chi connectivity index (χ0v) is 14.4. The number of rotatable bonds is 5. The number of H-pyrrole nitrogens is 1. The Morgan fingerprint density at radius 1 is 1.46 bits per heavy atom. The van der Waals surface area contributed by atoms with E-state index in [2.05, 4.69) is 16.3 Å². The van der Waals surface area contributed by atoms with E-state index >= 15 is 0 Å². The number of nitrogens with two attached hydrogens (primary N) is 1. The van der Waals surface area contributed by atoms with Gasteiger partial charge in [0.05, 0.1) is 12.5 Å². The van der Waals surface area contributed by atoms with Gasteiger partial charge in [0, 0.05) is 16.8 Å². The van der Waals surface area contributed by atoms with E-state index in [-0.39, 0.29) is 24.7 Å². The van der Waals surface area contributed by atoms with Crippen LogP contribution in [0, 0.1) is 18.3 Å². The lowest BCUT2D eigenvalue weighted by Crippen LogP contribution is -2.22. The Morgan fingerprint density at radius 3 is 2.96 bits per heavy atom. The van der Waals surface area contributed by atoms with Crippen molar-refractivity contribution in [3.8, 4) is 17.7 Å². The average molecular weight is 354 g/mol. The van der Waals surface area contributed by atoms with E-state index in [0.29, 0.717) is 22.8 Å². The molecule has 8 nitrogen and oxygen atoms in total. The fraction of sp³-hybridized carbons (Fsp3) is 0.278. The molecule has 0 bridgehead atoms. The normalized spacial score (nSPS) is 15.7. The van der Waals surface area contributed by atoms with Crippen molar-refractivity contribution in [1.82, 2.24) is 10.2 Å². The molecular weight excluding hydrogens is 336 g/mol. The van der Waals surface area contributed by atoms with Crippen LogP contribution in [0.15, 0.2) is 35.7 Å². The number of aryl methyl sites for hydroxylation is 1. The first-order chi connectivity index (χ1) is 12.6. The van der Waals surface area contributed by atoms with Gasteiger partial charge in [-0.25, -0.2) is 4.79 Å². The molecule has 134 valence electrons. The smallest absolute Gasteiger partial charge is 0.344 e. The number of benzene rings is 1. The van der Waals surface area contributed by atoms with Gasteiger partial charge in [-0.2, -0.15) is 5.26 Å². The lowest BCUT2D eigenvalue weighted by molar-refractivity contribution is -0.145. The molecule has 1 aromatic heterocycles. The van der Waals surface area contributed by atoms with Gasteiger partial charge in [0.15, 0.2) is 6.61 Å². The number of aromatic nitrogens is 2. The van der Waals surface area contributed by atoms with Crippen LogP contribution in [-0.4, -0.2) is 29.4 Å². The van der Waals surface area contributed by atoms with E-state index < -0.39 is 11.9 Å². The third kappa shape index (κ3) is 3.07. The van der Waals surface area contributed by atoms with Crippen LogP contribution in [0.1, 0.15) is 29.7 Å². The summed E-state index contributed by atoms with van der Waals surface area (Å²) in [6.45, 7) is 3.61. The Morgan fingerprint density at radius 2 is 2.23 bits per heavy atom. The molecule has 2 heterocycles. The minimum Gasteiger partial charge on any atom is -0.482 e. The maximum absolute atomic E-state index is 11.6. The number of esters is 1. The average Bonchev–Trinajstić information content (AvgIpc) is 3.00. The Balaban J connectivity index is 2.04.